The van der Waals surface area contributed by atoms with E-state index in [0.717, 1.165) is 5.21 Å². The third-order valence-corrected chi connectivity index (χ3v) is 0.494. The number of hydrogen-bond acceptors (Lipinski definition) is 1. The van der Waals surface area contributed by atoms with Gasteiger partial charge in [-0.15, -0.1) is 0 Å². The minimum absolute atomic E-state index is 0. The van der Waals surface area contributed by atoms with Gasteiger partial charge in [-0.3, -0.25) is 0 Å². The number of alkyl halides is 3. The summed E-state index contributed by atoms with van der Waals surface area (Å²) in [5.41, 5.74) is 0. The summed E-state index contributed by atoms with van der Waals surface area (Å²) in [6, 6.07) is 0. The molecule has 2 nitrogen and oxygen atoms in total. The van der Waals surface area contributed by atoms with E-state index in [1.165, 1.54) is 0 Å². The Kier molecular flexibility index (Phi) is 5.63. The van der Waals surface area contributed by atoms with Crippen LogP contribution in [0.2, 0.25) is 0 Å². The quantitative estimate of drug-likeness (QED) is 0.216. The van der Waals surface area contributed by atoms with Crippen LogP contribution in [0.3, 0.4) is 0 Å². The predicted molar refractivity (Wildman–Crippen MR) is 18.7 cm³/mol. The van der Waals surface area contributed by atoms with Gasteiger partial charge in [0.2, 0.25) is 0 Å². The van der Waals surface area contributed by atoms with Crippen molar-refractivity contribution in [3.05, 3.63) is 0 Å². The van der Waals surface area contributed by atoms with E-state index >= 15 is 0 Å². The molecule has 0 atom stereocenters. The average Bonchev–Trinajstić information content (AvgIpc) is 1.60. The molecule has 11 heavy (non-hydrogen) atoms. The second-order valence-electron chi connectivity index (χ2n) is 1.14. The molecule has 1 radical (unpaired) electrons. The Morgan fingerprint density at radius 1 is 1.18 bits per heavy atom. The summed E-state index contributed by atoms with van der Waals surface area (Å²) in [5, 5.41) is -1.62. The first kappa shape index (κ1) is 13.4. The minimum atomic E-state index is -5.46. The maximum atomic E-state index is 11.1. The largest absolute Gasteiger partial charge is 0.457 e. The van der Waals surface area contributed by atoms with E-state index in [9.17, 15) is 26.6 Å². The number of hydrogen-bond donors (Lipinski definition) is 0. The molecule has 0 unspecified atom stereocenters. The maximum absolute atomic E-state index is 11.1. The Bertz CT molecular complexity index is 140. The van der Waals surface area contributed by atoms with E-state index in [4.69, 9.17) is 0 Å². The van der Waals surface area contributed by atoms with E-state index in [0.29, 0.717) is 0 Å². The van der Waals surface area contributed by atoms with Crippen LogP contribution in [-0.2, 0) is 22.4 Å². The van der Waals surface area contributed by atoms with Crippen molar-refractivity contribution in [2.75, 3.05) is 0 Å². The zero-order valence-corrected chi connectivity index (χ0v) is 5.95. The average molecular weight is 274 g/mol. The molecule has 0 aliphatic rings. The molecule has 0 heterocycles. The van der Waals surface area contributed by atoms with Crippen molar-refractivity contribution in [3.63, 3.8) is 0 Å². The molecule has 0 aliphatic carbocycles. The summed E-state index contributed by atoms with van der Waals surface area (Å²) in [6.07, 6.45) is -5.46. The number of halogens is 6. The molecule has 71 valence electrons. The van der Waals surface area contributed by atoms with Crippen LogP contribution in [-0.4, -0.2) is 17.4 Å². The first-order valence-electron chi connectivity index (χ1n) is 1.77. The first-order valence-corrected chi connectivity index (χ1v) is 1.77. The fourth-order valence-electron chi connectivity index (χ4n) is 0.172. The summed E-state index contributed by atoms with van der Waals surface area (Å²) >= 11 is 0. The molecular formula is C2AgF6N2. The van der Waals surface area contributed by atoms with Crippen molar-refractivity contribution < 1.29 is 49.0 Å². The third-order valence-electron chi connectivity index (χ3n) is 0.494. The van der Waals surface area contributed by atoms with Gasteiger partial charge in [0.05, 0.1) is 0 Å². The Hall–Kier alpha value is -0.210. The van der Waals surface area contributed by atoms with Gasteiger partial charge in [0.15, 0.2) is 0 Å². The molecule has 0 rings (SSSR count). The number of rotatable bonds is 0. The zero-order chi connectivity index (χ0) is 8.36. The van der Waals surface area contributed by atoms with Gasteiger partial charge in [0.1, 0.15) is 0 Å². The molecule has 0 aromatic rings. The van der Waals surface area contributed by atoms with Crippen LogP contribution >= 0.6 is 0 Å². The molecule has 0 aromatic carbocycles. The smallest absolute Gasteiger partial charge is 0.163 e. The Labute approximate surface area is 72.2 Å². The minimum Gasteiger partial charge on any atom is -0.163 e. The molecule has 0 fully saturated rings. The second kappa shape index (κ2) is 4.62. The van der Waals surface area contributed by atoms with Crippen LogP contribution in [0.25, 0.3) is 0 Å². The third kappa shape index (κ3) is 4.27. The molecule has 0 N–H and O–H groups in total. The van der Waals surface area contributed by atoms with Gasteiger partial charge in [-0.05, 0) is 5.34 Å². The number of amidine groups is 1. The predicted octanol–water partition coefficient (Wildman–Crippen LogP) is 1.90. The normalized spacial score (nSPS) is 12.4. The van der Waals surface area contributed by atoms with E-state index in [1.54, 1.807) is 0 Å². The van der Waals surface area contributed by atoms with Gasteiger partial charge >= 0.3 is 12.0 Å². The van der Waals surface area contributed by atoms with E-state index in [1.807, 2.05) is 0 Å². The van der Waals surface area contributed by atoms with E-state index < -0.39 is 17.4 Å². The topological polar surface area (TPSA) is 15.6 Å². The van der Waals surface area contributed by atoms with Gasteiger partial charge in [0.25, 0.3) is 0 Å². The SMILES string of the molecule is FN=C(N(F)F)C(F)(F)F.[Ag]. The standard InChI is InChI=1S/C2F6N2.Ag/c3-2(4,5)1(9-6)10(7)8;. The summed E-state index contributed by atoms with van der Waals surface area (Å²) in [6.45, 7) is 0. The van der Waals surface area contributed by atoms with Crippen molar-refractivity contribution >= 4 is 5.84 Å². The summed E-state index contributed by atoms with van der Waals surface area (Å²) < 4.78 is 65.9. The van der Waals surface area contributed by atoms with Gasteiger partial charge in [-0.25, -0.2) is 0 Å². The molecule has 0 saturated heterocycles. The molecule has 0 amide bonds. The van der Waals surface area contributed by atoms with Crippen molar-refractivity contribution in [3.8, 4) is 0 Å². The maximum Gasteiger partial charge on any atom is 0.457 e. The Balaban J connectivity index is 0. The van der Waals surface area contributed by atoms with Crippen molar-refractivity contribution in [1.29, 1.82) is 0 Å². The van der Waals surface area contributed by atoms with Crippen LogP contribution in [0.4, 0.5) is 26.6 Å². The van der Waals surface area contributed by atoms with Crippen molar-refractivity contribution in [1.82, 2.24) is 5.34 Å². The molecule has 9 heteroatoms. The summed E-state index contributed by atoms with van der Waals surface area (Å²) in [7, 11) is 0. The van der Waals surface area contributed by atoms with Crippen LogP contribution in [0, 0.1) is 0 Å². The van der Waals surface area contributed by atoms with Gasteiger partial charge in [-0.2, -0.15) is 13.2 Å². The summed E-state index contributed by atoms with van der Waals surface area (Å²) in [4.78, 5) is 0. The van der Waals surface area contributed by atoms with Crippen molar-refractivity contribution in [2.45, 2.75) is 6.18 Å². The fourth-order valence-corrected chi connectivity index (χ4v) is 0.172. The Morgan fingerprint density at radius 3 is 1.55 bits per heavy atom. The van der Waals surface area contributed by atoms with Crippen LogP contribution < -0.4 is 0 Å². The molecule has 0 bridgehead atoms. The van der Waals surface area contributed by atoms with Gasteiger partial charge < -0.3 is 0 Å². The second-order valence-corrected chi connectivity index (χ2v) is 1.14. The van der Waals surface area contributed by atoms with E-state index in [-0.39, 0.29) is 22.4 Å². The van der Waals surface area contributed by atoms with Crippen LogP contribution in [0.15, 0.2) is 5.21 Å². The van der Waals surface area contributed by atoms with Crippen LogP contribution in [0.5, 0.6) is 0 Å². The zero-order valence-electron chi connectivity index (χ0n) is 4.46. The van der Waals surface area contributed by atoms with Crippen LogP contribution in [0.1, 0.15) is 0 Å². The number of nitrogens with zero attached hydrogens (tertiary/aromatic N) is 2. The summed E-state index contributed by atoms with van der Waals surface area (Å²) in [5.74, 6) is -2.87. The van der Waals surface area contributed by atoms with Gasteiger partial charge in [0, 0.05) is 22.4 Å². The molecule has 0 aromatic heterocycles. The molecule has 0 saturated carbocycles. The molecular weight excluding hydrogens is 274 g/mol. The fraction of sp³-hybridized carbons (Fsp3) is 0.500. The Morgan fingerprint density at radius 2 is 1.55 bits per heavy atom. The molecule has 0 aliphatic heterocycles. The first-order chi connectivity index (χ1) is 4.39. The molecule has 0 spiro atoms. The van der Waals surface area contributed by atoms with Crippen molar-refractivity contribution in [2.24, 2.45) is 5.21 Å². The monoisotopic (exact) mass is 273 g/mol. The van der Waals surface area contributed by atoms with Gasteiger partial charge in [-0.1, -0.05) is 18.7 Å². The van der Waals surface area contributed by atoms with E-state index in [2.05, 4.69) is 0 Å².